The molecule has 1 aromatic heterocycles. The van der Waals surface area contributed by atoms with Gasteiger partial charge in [-0.15, -0.1) is 0 Å². The third-order valence-corrected chi connectivity index (χ3v) is 6.62. The van der Waals surface area contributed by atoms with Gasteiger partial charge in [-0.1, -0.05) is 24.3 Å². The maximum Gasteiger partial charge on any atom is 0.472 e. The predicted molar refractivity (Wildman–Crippen MR) is 137 cm³/mol. The summed E-state index contributed by atoms with van der Waals surface area (Å²) in [4.78, 5) is 21.1. The van der Waals surface area contributed by atoms with Crippen molar-refractivity contribution in [1.29, 1.82) is 0 Å². The molecule has 0 unspecified atom stereocenters. The number of benzene rings is 3. The van der Waals surface area contributed by atoms with Gasteiger partial charge in [0, 0.05) is 28.8 Å². The summed E-state index contributed by atoms with van der Waals surface area (Å²) in [7, 11) is -2.31. The zero-order valence-electron chi connectivity index (χ0n) is 19.8. The standard InChI is InChI=1S/C25H21F3N6O3S/c1-29-38(36,37)21-9-5-6-18(14-21)33-23-15-22(30-16-31-23)32-17-10-12-20(13-11-17)34(24(35)25(26,27)28)19-7-3-2-4-8-19/h2-16,29H,1H3,(H2,30,31,32,33). The van der Waals surface area contributed by atoms with E-state index in [-0.39, 0.29) is 16.3 Å². The van der Waals surface area contributed by atoms with E-state index in [1.54, 1.807) is 36.4 Å². The highest BCUT2D eigenvalue weighted by Gasteiger charge is 2.43. The molecule has 9 nitrogen and oxygen atoms in total. The van der Waals surface area contributed by atoms with Crippen molar-refractivity contribution in [2.24, 2.45) is 0 Å². The molecule has 196 valence electrons. The van der Waals surface area contributed by atoms with Crippen LogP contribution in [0.25, 0.3) is 0 Å². The summed E-state index contributed by atoms with van der Waals surface area (Å²) in [6.45, 7) is 0. The molecule has 4 rings (SSSR count). The lowest BCUT2D eigenvalue weighted by Gasteiger charge is -2.24. The number of aromatic nitrogens is 2. The van der Waals surface area contributed by atoms with Crippen molar-refractivity contribution < 1.29 is 26.4 Å². The fourth-order valence-corrected chi connectivity index (χ4v) is 4.21. The molecule has 4 aromatic rings. The number of nitrogens with one attached hydrogen (secondary N) is 3. The van der Waals surface area contributed by atoms with E-state index in [2.05, 4.69) is 25.3 Å². The summed E-state index contributed by atoms with van der Waals surface area (Å²) in [6.07, 6.45) is -3.78. The minimum atomic E-state index is -5.06. The molecule has 0 aliphatic rings. The van der Waals surface area contributed by atoms with Crippen LogP contribution in [-0.2, 0) is 14.8 Å². The molecule has 38 heavy (non-hydrogen) atoms. The van der Waals surface area contributed by atoms with Gasteiger partial charge >= 0.3 is 12.1 Å². The molecule has 0 atom stereocenters. The Morgan fingerprint density at radius 1 is 0.789 bits per heavy atom. The lowest BCUT2D eigenvalue weighted by atomic mass is 10.2. The minimum Gasteiger partial charge on any atom is -0.340 e. The van der Waals surface area contributed by atoms with Crippen molar-refractivity contribution in [2.45, 2.75) is 11.1 Å². The van der Waals surface area contributed by atoms with E-state index in [0.29, 0.717) is 27.9 Å². The summed E-state index contributed by atoms with van der Waals surface area (Å²) >= 11 is 0. The summed E-state index contributed by atoms with van der Waals surface area (Å²) in [5.74, 6) is -1.29. The summed E-state index contributed by atoms with van der Waals surface area (Å²) in [6, 6.07) is 21.0. The SMILES string of the molecule is CNS(=O)(=O)c1cccc(Nc2cc(Nc3ccc(N(C(=O)C(F)(F)F)c4ccccc4)cc3)ncn2)c1. The van der Waals surface area contributed by atoms with Crippen molar-refractivity contribution in [3.8, 4) is 0 Å². The zero-order valence-corrected chi connectivity index (χ0v) is 20.6. The van der Waals surface area contributed by atoms with Gasteiger partial charge < -0.3 is 10.6 Å². The maximum atomic E-state index is 13.3. The molecule has 3 aromatic carbocycles. The monoisotopic (exact) mass is 542 g/mol. The Labute approximate surface area is 216 Å². The third-order valence-electron chi connectivity index (χ3n) is 5.21. The fraction of sp³-hybridized carbons (Fsp3) is 0.0800. The van der Waals surface area contributed by atoms with Crippen LogP contribution >= 0.6 is 0 Å². The van der Waals surface area contributed by atoms with Crippen LogP contribution in [0.3, 0.4) is 0 Å². The smallest absolute Gasteiger partial charge is 0.340 e. The molecule has 0 aliphatic carbocycles. The van der Waals surface area contributed by atoms with Crippen LogP contribution in [0.4, 0.5) is 47.6 Å². The highest BCUT2D eigenvalue weighted by molar-refractivity contribution is 7.89. The third kappa shape index (κ3) is 6.25. The van der Waals surface area contributed by atoms with Crippen LogP contribution in [-0.4, -0.2) is 37.5 Å². The summed E-state index contributed by atoms with van der Waals surface area (Å²) in [5, 5.41) is 6.02. The van der Waals surface area contributed by atoms with Crippen LogP contribution in [0, 0.1) is 0 Å². The van der Waals surface area contributed by atoms with Crippen LogP contribution in [0.5, 0.6) is 0 Å². The number of nitrogens with zero attached hydrogens (tertiary/aromatic N) is 3. The Bertz CT molecular complexity index is 1530. The molecule has 1 amide bonds. The van der Waals surface area contributed by atoms with Gasteiger partial charge in [-0.25, -0.2) is 23.1 Å². The number of sulfonamides is 1. The number of carbonyl (C=O) groups excluding carboxylic acids is 1. The van der Waals surface area contributed by atoms with Crippen molar-refractivity contribution in [3.63, 3.8) is 0 Å². The predicted octanol–water partition coefficient (Wildman–Crippen LogP) is 5.10. The normalized spacial score (nSPS) is 11.6. The number of rotatable bonds is 8. The van der Waals surface area contributed by atoms with Crippen molar-refractivity contribution in [1.82, 2.24) is 14.7 Å². The fourth-order valence-electron chi connectivity index (χ4n) is 3.43. The Morgan fingerprint density at radius 3 is 2.00 bits per heavy atom. The van der Waals surface area contributed by atoms with Gasteiger partial charge in [0.25, 0.3) is 0 Å². The van der Waals surface area contributed by atoms with Gasteiger partial charge in [0.2, 0.25) is 10.0 Å². The molecular formula is C25H21F3N6O3S. The van der Waals surface area contributed by atoms with E-state index in [4.69, 9.17) is 0 Å². The van der Waals surface area contributed by atoms with Crippen LogP contribution in [0.15, 0.2) is 96.2 Å². The first-order chi connectivity index (χ1) is 18.1. The lowest BCUT2D eigenvalue weighted by molar-refractivity contribution is -0.169. The number of alkyl halides is 3. The second kappa shape index (κ2) is 10.9. The van der Waals surface area contributed by atoms with E-state index in [9.17, 15) is 26.4 Å². The van der Waals surface area contributed by atoms with E-state index in [0.717, 1.165) is 0 Å². The van der Waals surface area contributed by atoms with Crippen molar-refractivity contribution in [3.05, 3.63) is 91.3 Å². The van der Waals surface area contributed by atoms with Crippen molar-refractivity contribution >= 4 is 50.3 Å². The zero-order chi connectivity index (χ0) is 27.3. The summed E-state index contributed by atoms with van der Waals surface area (Å²) < 4.78 is 66.2. The van der Waals surface area contributed by atoms with Gasteiger partial charge in [-0.05, 0) is 61.6 Å². The first kappa shape index (κ1) is 26.6. The molecule has 0 saturated carbocycles. The highest BCUT2D eigenvalue weighted by Crippen LogP contribution is 2.32. The maximum absolute atomic E-state index is 13.3. The van der Waals surface area contributed by atoms with Gasteiger partial charge in [-0.3, -0.25) is 9.69 Å². The topological polar surface area (TPSA) is 116 Å². The van der Waals surface area contributed by atoms with Crippen molar-refractivity contribution in [2.75, 3.05) is 22.6 Å². The molecule has 0 bridgehead atoms. The average Bonchev–Trinajstić information content (AvgIpc) is 2.90. The van der Waals surface area contributed by atoms with Crippen LogP contribution in [0.1, 0.15) is 0 Å². The van der Waals surface area contributed by atoms with E-state index < -0.39 is 22.1 Å². The minimum absolute atomic E-state index is 0.0329. The molecule has 0 saturated heterocycles. The van der Waals surface area contributed by atoms with E-state index in [1.807, 2.05) is 0 Å². The summed E-state index contributed by atoms with van der Waals surface area (Å²) in [5.41, 5.74) is 1.08. The first-order valence-electron chi connectivity index (χ1n) is 11.0. The van der Waals surface area contributed by atoms with Gasteiger partial charge in [0.05, 0.1) is 4.90 Å². The Kier molecular flexibility index (Phi) is 7.60. The van der Waals surface area contributed by atoms with E-state index in [1.165, 1.54) is 61.9 Å². The van der Waals surface area contributed by atoms with E-state index >= 15 is 0 Å². The van der Waals surface area contributed by atoms with Gasteiger partial charge in [-0.2, -0.15) is 13.2 Å². The Balaban J connectivity index is 1.53. The number of hydrogen-bond donors (Lipinski definition) is 3. The number of halogens is 3. The second-order valence-corrected chi connectivity index (χ2v) is 9.68. The molecular weight excluding hydrogens is 521 g/mol. The molecule has 0 aliphatic heterocycles. The quantitative estimate of drug-likeness (QED) is 0.284. The molecule has 0 fully saturated rings. The highest BCUT2D eigenvalue weighted by atomic mass is 32.2. The molecule has 0 radical (unpaired) electrons. The van der Waals surface area contributed by atoms with Gasteiger partial charge in [0.15, 0.2) is 0 Å². The number of para-hydroxylation sites is 1. The molecule has 0 spiro atoms. The van der Waals surface area contributed by atoms with Crippen LogP contribution < -0.4 is 20.3 Å². The number of anilines is 6. The average molecular weight is 543 g/mol. The molecule has 3 N–H and O–H groups in total. The lowest BCUT2D eigenvalue weighted by Crippen LogP contribution is -2.38. The first-order valence-corrected chi connectivity index (χ1v) is 12.5. The molecule has 1 heterocycles. The van der Waals surface area contributed by atoms with Crippen LogP contribution in [0.2, 0.25) is 0 Å². The Morgan fingerprint density at radius 2 is 1.39 bits per heavy atom. The largest absolute Gasteiger partial charge is 0.472 e. The number of hydrogen-bond acceptors (Lipinski definition) is 7. The number of amides is 1. The second-order valence-electron chi connectivity index (χ2n) is 7.79. The number of carbonyl (C=O) groups is 1. The van der Waals surface area contributed by atoms with Gasteiger partial charge in [0.1, 0.15) is 18.0 Å². The Hall–Kier alpha value is -4.49. The molecule has 13 heteroatoms.